The Balaban J connectivity index is 1.60. The number of halogens is 1. The fraction of sp³-hybridized carbons (Fsp3) is 0.478. The Morgan fingerprint density at radius 1 is 1.24 bits per heavy atom. The topological polar surface area (TPSA) is 141 Å². The van der Waals surface area contributed by atoms with Gasteiger partial charge in [0.1, 0.15) is 11.4 Å². The van der Waals surface area contributed by atoms with Crippen LogP contribution in [-0.4, -0.2) is 68.9 Å². The molecule has 3 atom stereocenters. The van der Waals surface area contributed by atoms with Crippen LogP contribution in [0.3, 0.4) is 0 Å². The zero-order valence-corrected chi connectivity index (χ0v) is 18.7. The summed E-state index contributed by atoms with van der Waals surface area (Å²) in [6.07, 6.45) is 3.64. The second-order valence-electron chi connectivity index (χ2n) is 8.76. The summed E-state index contributed by atoms with van der Waals surface area (Å²) in [7, 11) is 0. The summed E-state index contributed by atoms with van der Waals surface area (Å²) in [4.78, 5) is 27.7. The maximum absolute atomic E-state index is 13.2. The second-order valence-corrected chi connectivity index (χ2v) is 8.76. The van der Waals surface area contributed by atoms with Gasteiger partial charge in [0.2, 0.25) is 0 Å². The number of amides is 2. The third-order valence-electron chi connectivity index (χ3n) is 6.67. The van der Waals surface area contributed by atoms with Gasteiger partial charge in [0.25, 0.3) is 5.91 Å². The molecule has 0 saturated carbocycles. The molecule has 2 amide bonds. The summed E-state index contributed by atoms with van der Waals surface area (Å²) in [6, 6.07) is 6.98. The molecule has 34 heavy (non-hydrogen) atoms. The lowest BCUT2D eigenvalue weighted by Gasteiger charge is -2.41. The van der Waals surface area contributed by atoms with E-state index in [1.807, 2.05) is 0 Å². The normalized spacial score (nSPS) is 22.9. The summed E-state index contributed by atoms with van der Waals surface area (Å²) in [6.45, 7) is 2.96. The molecule has 4 rings (SSSR count). The molecule has 1 aromatic carbocycles. The number of primary amides is 1. The number of carbonyl (C=O) groups is 2. The molecule has 1 unspecified atom stereocenters. The smallest absolute Gasteiger partial charge is 0.407 e. The van der Waals surface area contributed by atoms with Gasteiger partial charge in [-0.05, 0) is 63.0 Å². The van der Waals surface area contributed by atoms with Gasteiger partial charge in [-0.25, -0.2) is 9.18 Å². The average Bonchev–Trinajstić information content (AvgIpc) is 3.48. The molecule has 2 fully saturated rings. The number of anilines is 2. The molecule has 11 heteroatoms. The van der Waals surface area contributed by atoms with Crippen molar-refractivity contribution in [3.05, 3.63) is 41.8 Å². The molecule has 0 bridgehead atoms. The van der Waals surface area contributed by atoms with E-state index in [1.54, 1.807) is 4.68 Å². The van der Waals surface area contributed by atoms with Crippen molar-refractivity contribution in [2.45, 2.75) is 37.8 Å². The monoisotopic (exact) mass is 469 g/mol. The van der Waals surface area contributed by atoms with Crippen molar-refractivity contribution in [3.8, 4) is 6.07 Å². The number of aromatic nitrogens is 2. The predicted molar refractivity (Wildman–Crippen MR) is 122 cm³/mol. The zero-order chi connectivity index (χ0) is 24.2. The van der Waals surface area contributed by atoms with E-state index in [1.165, 1.54) is 35.4 Å². The van der Waals surface area contributed by atoms with Gasteiger partial charge in [0.15, 0.2) is 5.82 Å². The van der Waals surface area contributed by atoms with Crippen molar-refractivity contribution in [1.29, 1.82) is 5.26 Å². The third-order valence-corrected chi connectivity index (χ3v) is 6.67. The number of likely N-dealkylation sites (tertiary alicyclic amines) is 2. The van der Waals surface area contributed by atoms with Crippen LogP contribution < -0.4 is 11.1 Å². The van der Waals surface area contributed by atoms with Crippen molar-refractivity contribution in [3.63, 3.8) is 0 Å². The lowest BCUT2D eigenvalue weighted by molar-refractivity contribution is 0.0589. The zero-order valence-electron chi connectivity index (χ0n) is 18.7. The number of nitrogens with zero attached hydrogens (tertiary/aromatic N) is 5. The minimum Gasteiger partial charge on any atom is -0.465 e. The first-order chi connectivity index (χ1) is 16.4. The van der Waals surface area contributed by atoms with E-state index in [9.17, 15) is 24.3 Å². The number of benzene rings is 1. The van der Waals surface area contributed by atoms with E-state index in [2.05, 4.69) is 21.4 Å². The molecular formula is C23H28FN7O3. The molecule has 180 valence electrons. The maximum atomic E-state index is 13.2. The van der Waals surface area contributed by atoms with Gasteiger partial charge in [0.05, 0.1) is 24.1 Å². The van der Waals surface area contributed by atoms with E-state index in [-0.39, 0.29) is 17.9 Å². The number of piperidine rings is 1. The highest BCUT2D eigenvalue weighted by molar-refractivity contribution is 5.98. The highest BCUT2D eigenvalue weighted by atomic mass is 19.1. The Morgan fingerprint density at radius 2 is 1.94 bits per heavy atom. The van der Waals surface area contributed by atoms with Crippen LogP contribution in [0, 0.1) is 23.1 Å². The average molecular weight is 470 g/mol. The van der Waals surface area contributed by atoms with E-state index in [0.717, 1.165) is 32.5 Å². The highest BCUT2D eigenvalue weighted by Crippen LogP contribution is 2.36. The van der Waals surface area contributed by atoms with Crippen LogP contribution in [0.2, 0.25) is 0 Å². The minimum absolute atomic E-state index is 0.135. The number of nitrogens with one attached hydrogen (secondary N) is 1. The molecule has 2 saturated heterocycles. The molecule has 0 radical (unpaired) electrons. The SMILES string of the molecule is N#C[C@H]1C(CCN2CCCC2)N(C(=O)O)CC[C@@H]1n1cc(C(N)=O)c(Nc2ccc(F)cc2)n1. The van der Waals surface area contributed by atoms with Gasteiger partial charge in [-0.3, -0.25) is 9.48 Å². The number of hydrogen-bond donors (Lipinski definition) is 3. The van der Waals surface area contributed by atoms with Gasteiger partial charge >= 0.3 is 6.09 Å². The van der Waals surface area contributed by atoms with Crippen molar-refractivity contribution >= 4 is 23.5 Å². The summed E-state index contributed by atoms with van der Waals surface area (Å²) in [5, 5.41) is 27.3. The number of carbonyl (C=O) groups excluding carboxylic acids is 1. The quantitative estimate of drug-likeness (QED) is 0.566. The van der Waals surface area contributed by atoms with Crippen LogP contribution in [0.4, 0.5) is 20.7 Å². The lowest BCUT2D eigenvalue weighted by atomic mass is 9.84. The first-order valence-corrected chi connectivity index (χ1v) is 11.4. The van der Waals surface area contributed by atoms with E-state index in [0.29, 0.717) is 18.5 Å². The molecular weight excluding hydrogens is 441 g/mol. The lowest BCUT2D eigenvalue weighted by Crippen LogP contribution is -2.52. The summed E-state index contributed by atoms with van der Waals surface area (Å²) >= 11 is 0. The van der Waals surface area contributed by atoms with Crippen molar-refractivity contribution in [2.75, 3.05) is 31.5 Å². The van der Waals surface area contributed by atoms with Gasteiger partial charge in [-0.1, -0.05) is 0 Å². The van der Waals surface area contributed by atoms with Crippen molar-refractivity contribution < 1.29 is 19.1 Å². The van der Waals surface area contributed by atoms with Crippen LogP contribution in [0.1, 0.15) is 42.1 Å². The van der Waals surface area contributed by atoms with Crippen molar-refractivity contribution in [2.24, 2.45) is 11.7 Å². The number of nitriles is 1. The summed E-state index contributed by atoms with van der Waals surface area (Å²) in [5.74, 6) is -1.54. The van der Waals surface area contributed by atoms with Crippen LogP contribution in [-0.2, 0) is 0 Å². The largest absolute Gasteiger partial charge is 0.465 e. The van der Waals surface area contributed by atoms with Gasteiger partial charge in [-0.15, -0.1) is 0 Å². The fourth-order valence-corrected chi connectivity index (χ4v) is 4.93. The first kappa shape index (κ1) is 23.5. The number of nitrogens with two attached hydrogens (primary N) is 1. The van der Waals surface area contributed by atoms with E-state index < -0.39 is 35.8 Å². The second kappa shape index (κ2) is 10.1. The number of carboxylic acid groups (broad SMARTS) is 1. The minimum atomic E-state index is -1.04. The highest BCUT2D eigenvalue weighted by Gasteiger charge is 2.42. The Labute approximate surface area is 196 Å². The van der Waals surface area contributed by atoms with Crippen LogP contribution in [0.5, 0.6) is 0 Å². The first-order valence-electron chi connectivity index (χ1n) is 11.4. The van der Waals surface area contributed by atoms with Crippen LogP contribution in [0.15, 0.2) is 30.5 Å². The molecule has 0 aliphatic carbocycles. The molecule has 2 aliphatic rings. The standard InChI is InChI=1S/C23H28FN7O3/c24-15-3-5-16(6-4-15)27-22-18(21(26)32)14-31(28-22)20-8-12-30(23(33)34)19(17(20)13-25)7-11-29-9-1-2-10-29/h3-6,14,17,19-20H,1-2,7-12H2,(H2,26,32)(H,27,28)(H,33,34)/t17-,19?,20-/m0/s1. The van der Waals surface area contributed by atoms with Crippen LogP contribution in [0.25, 0.3) is 0 Å². The summed E-state index contributed by atoms with van der Waals surface area (Å²) < 4.78 is 14.8. The molecule has 3 heterocycles. The fourth-order valence-electron chi connectivity index (χ4n) is 4.93. The molecule has 2 aromatic rings. The van der Waals surface area contributed by atoms with E-state index in [4.69, 9.17) is 5.73 Å². The summed E-state index contributed by atoms with van der Waals surface area (Å²) in [5.41, 5.74) is 6.22. The van der Waals surface area contributed by atoms with Gasteiger partial charge in [-0.2, -0.15) is 10.4 Å². The van der Waals surface area contributed by atoms with Crippen LogP contribution >= 0.6 is 0 Å². The van der Waals surface area contributed by atoms with E-state index >= 15 is 0 Å². The predicted octanol–water partition coefficient (Wildman–Crippen LogP) is 2.78. The van der Waals surface area contributed by atoms with Gasteiger partial charge in [0, 0.05) is 25.0 Å². The molecule has 2 aliphatic heterocycles. The number of rotatable bonds is 7. The Morgan fingerprint density at radius 3 is 2.56 bits per heavy atom. The Bertz CT molecular complexity index is 1080. The Kier molecular flexibility index (Phi) is 6.98. The molecule has 4 N–H and O–H groups in total. The third kappa shape index (κ3) is 4.97. The molecule has 1 aromatic heterocycles. The maximum Gasteiger partial charge on any atom is 0.407 e. The van der Waals surface area contributed by atoms with Gasteiger partial charge < -0.3 is 26.0 Å². The Hall–Kier alpha value is -3.65. The molecule has 0 spiro atoms. The molecule has 10 nitrogen and oxygen atoms in total. The number of hydrogen-bond acceptors (Lipinski definition) is 6. The van der Waals surface area contributed by atoms with Crippen molar-refractivity contribution in [1.82, 2.24) is 19.6 Å².